The van der Waals surface area contributed by atoms with Crippen molar-refractivity contribution in [1.29, 1.82) is 0 Å². The molecular weight excluding hydrogens is 297 g/mol. The van der Waals surface area contributed by atoms with Crippen LogP contribution in [0.4, 0.5) is 29.3 Å². The van der Waals surface area contributed by atoms with Crippen LogP contribution in [0.1, 0.15) is 5.56 Å². The summed E-state index contributed by atoms with van der Waals surface area (Å²) in [7, 11) is 1.53. The molecule has 2 N–H and O–H groups in total. The number of carbonyl (C=O) groups is 1. The van der Waals surface area contributed by atoms with Crippen LogP contribution in [0.3, 0.4) is 0 Å². The standard InChI is InChI=1S/C15H13F3N2O2/c1-22-13-8-6-12(7-9-13)20-14(21)19-11-4-2-10(3-5-11)15(16,17)18/h2-9H,1H3,(H2,19,20,21). The second kappa shape index (κ2) is 6.38. The molecule has 0 aromatic heterocycles. The van der Waals surface area contributed by atoms with E-state index in [0.29, 0.717) is 11.4 Å². The summed E-state index contributed by atoms with van der Waals surface area (Å²) in [6.07, 6.45) is -4.40. The van der Waals surface area contributed by atoms with E-state index in [-0.39, 0.29) is 5.69 Å². The normalized spacial score (nSPS) is 10.9. The van der Waals surface area contributed by atoms with Crippen molar-refractivity contribution >= 4 is 17.4 Å². The predicted molar refractivity (Wildman–Crippen MR) is 77.1 cm³/mol. The molecule has 0 fully saturated rings. The van der Waals surface area contributed by atoms with Crippen LogP contribution in [0.15, 0.2) is 48.5 Å². The van der Waals surface area contributed by atoms with Crippen LogP contribution < -0.4 is 15.4 Å². The van der Waals surface area contributed by atoms with Crippen LogP contribution in [0.5, 0.6) is 5.75 Å². The van der Waals surface area contributed by atoms with Crippen molar-refractivity contribution in [3.8, 4) is 5.75 Å². The third-order valence-electron chi connectivity index (χ3n) is 2.82. The van der Waals surface area contributed by atoms with Crippen molar-refractivity contribution < 1.29 is 22.7 Å². The average molecular weight is 310 g/mol. The van der Waals surface area contributed by atoms with Gasteiger partial charge in [0, 0.05) is 11.4 Å². The Bertz CT molecular complexity index is 637. The Morgan fingerprint density at radius 2 is 1.36 bits per heavy atom. The molecule has 0 aliphatic rings. The highest BCUT2D eigenvalue weighted by Gasteiger charge is 2.29. The van der Waals surface area contributed by atoms with Crippen LogP contribution in [0.2, 0.25) is 0 Å². The van der Waals surface area contributed by atoms with Gasteiger partial charge in [0.2, 0.25) is 0 Å². The molecule has 0 unspecified atom stereocenters. The SMILES string of the molecule is COc1ccc(NC(=O)Nc2ccc(C(F)(F)F)cc2)cc1. The first-order valence-corrected chi connectivity index (χ1v) is 6.28. The van der Waals surface area contributed by atoms with Gasteiger partial charge in [-0.1, -0.05) is 0 Å². The zero-order valence-corrected chi connectivity index (χ0v) is 11.6. The number of ether oxygens (including phenoxy) is 1. The van der Waals surface area contributed by atoms with E-state index >= 15 is 0 Å². The van der Waals surface area contributed by atoms with E-state index in [9.17, 15) is 18.0 Å². The summed E-state index contributed by atoms with van der Waals surface area (Å²) in [6, 6.07) is 10.3. The van der Waals surface area contributed by atoms with E-state index in [1.165, 1.54) is 19.2 Å². The molecule has 0 spiro atoms. The molecule has 2 aromatic carbocycles. The lowest BCUT2D eigenvalue weighted by Crippen LogP contribution is -2.19. The van der Waals surface area contributed by atoms with E-state index in [1.807, 2.05) is 0 Å². The zero-order chi connectivity index (χ0) is 16.2. The third kappa shape index (κ3) is 4.15. The highest BCUT2D eigenvalue weighted by atomic mass is 19.4. The number of hydrogen-bond acceptors (Lipinski definition) is 2. The van der Waals surface area contributed by atoms with E-state index in [0.717, 1.165) is 12.1 Å². The minimum absolute atomic E-state index is 0.263. The fraction of sp³-hybridized carbons (Fsp3) is 0.133. The van der Waals surface area contributed by atoms with Crippen LogP contribution in [0, 0.1) is 0 Å². The van der Waals surface area contributed by atoms with Gasteiger partial charge in [-0.2, -0.15) is 13.2 Å². The van der Waals surface area contributed by atoms with Gasteiger partial charge in [0.15, 0.2) is 0 Å². The fourth-order valence-electron chi connectivity index (χ4n) is 1.71. The van der Waals surface area contributed by atoms with Gasteiger partial charge in [0.1, 0.15) is 5.75 Å². The Hall–Kier alpha value is -2.70. The molecule has 0 bridgehead atoms. The number of rotatable bonds is 3. The van der Waals surface area contributed by atoms with Crippen molar-refractivity contribution in [3.05, 3.63) is 54.1 Å². The molecule has 2 rings (SSSR count). The van der Waals surface area contributed by atoms with Gasteiger partial charge in [-0.25, -0.2) is 4.79 Å². The summed E-state index contributed by atoms with van der Waals surface area (Å²) in [5, 5.41) is 5.01. The van der Waals surface area contributed by atoms with Gasteiger partial charge in [-0.15, -0.1) is 0 Å². The second-order valence-corrected chi connectivity index (χ2v) is 4.38. The molecule has 0 aliphatic carbocycles. The van der Waals surface area contributed by atoms with E-state index in [2.05, 4.69) is 10.6 Å². The topological polar surface area (TPSA) is 50.4 Å². The molecule has 0 aliphatic heterocycles. The minimum atomic E-state index is -4.40. The maximum absolute atomic E-state index is 12.4. The Morgan fingerprint density at radius 1 is 0.909 bits per heavy atom. The Kier molecular flexibility index (Phi) is 4.55. The molecule has 0 saturated heterocycles. The van der Waals surface area contributed by atoms with Gasteiger partial charge in [-0.05, 0) is 48.5 Å². The number of urea groups is 1. The second-order valence-electron chi connectivity index (χ2n) is 4.38. The average Bonchev–Trinajstić information content (AvgIpc) is 2.47. The lowest BCUT2D eigenvalue weighted by atomic mass is 10.2. The summed E-state index contributed by atoms with van der Waals surface area (Å²) in [5.41, 5.74) is 0.0258. The van der Waals surface area contributed by atoms with Crippen molar-refractivity contribution in [2.75, 3.05) is 17.7 Å². The number of methoxy groups -OCH3 is 1. The molecule has 0 saturated carbocycles. The molecule has 2 amide bonds. The minimum Gasteiger partial charge on any atom is -0.497 e. The molecule has 0 radical (unpaired) electrons. The lowest BCUT2D eigenvalue weighted by molar-refractivity contribution is -0.137. The largest absolute Gasteiger partial charge is 0.497 e. The number of amides is 2. The van der Waals surface area contributed by atoms with Gasteiger partial charge in [-0.3, -0.25) is 0 Å². The monoisotopic (exact) mass is 310 g/mol. The van der Waals surface area contributed by atoms with Crippen molar-refractivity contribution in [2.24, 2.45) is 0 Å². The highest BCUT2D eigenvalue weighted by Crippen LogP contribution is 2.29. The number of benzene rings is 2. The Balaban J connectivity index is 1.96. The maximum atomic E-state index is 12.4. The number of anilines is 2. The van der Waals surface area contributed by atoms with Gasteiger partial charge in [0.05, 0.1) is 12.7 Å². The smallest absolute Gasteiger partial charge is 0.416 e. The first-order valence-electron chi connectivity index (χ1n) is 6.28. The third-order valence-corrected chi connectivity index (χ3v) is 2.82. The lowest BCUT2D eigenvalue weighted by Gasteiger charge is -2.10. The molecular formula is C15H13F3N2O2. The van der Waals surface area contributed by atoms with Crippen molar-refractivity contribution in [2.45, 2.75) is 6.18 Å². The first kappa shape index (κ1) is 15.7. The van der Waals surface area contributed by atoms with Crippen molar-refractivity contribution in [1.82, 2.24) is 0 Å². The Morgan fingerprint density at radius 3 is 1.77 bits per heavy atom. The van der Waals surface area contributed by atoms with E-state index < -0.39 is 17.8 Å². The summed E-state index contributed by atoms with van der Waals surface area (Å²) in [5.74, 6) is 0.647. The molecule has 22 heavy (non-hydrogen) atoms. The number of hydrogen-bond donors (Lipinski definition) is 2. The van der Waals surface area contributed by atoms with Crippen LogP contribution in [-0.2, 0) is 6.18 Å². The van der Waals surface area contributed by atoms with Crippen LogP contribution in [0.25, 0.3) is 0 Å². The molecule has 4 nitrogen and oxygen atoms in total. The van der Waals surface area contributed by atoms with Crippen LogP contribution in [-0.4, -0.2) is 13.1 Å². The number of carbonyl (C=O) groups excluding carboxylic acids is 1. The molecule has 7 heteroatoms. The number of nitrogens with one attached hydrogen (secondary N) is 2. The summed E-state index contributed by atoms with van der Waals surface area (Å²) >= 11 is 0. The molecule has 2 aromatic rings. The quantitative estimate of drug-likeness (QED) is 0.885. The van der Waals surface area contributed by atoms with Gasteiger partial charge >= 0.3 is 12.2 Å². The van der Waals surface area contributed by atoms with Gasteiger partial charge < -0.3 is 15.4 Å². The molecule has 0 heterocycles. The van der Waals surface area contributed by atoms with Crippen molar-refractivity contribution in [3.63, 3.8) is 0 Å². The fourth-order valence-corrected chi connectivity index (χ4v) is 1.71. The summed E-state index contributed by atoms with van der Waals surface area (Å²) in [4.78, 5) is 11.7. The maximum Gasteiger partial charge on any atom is 0.416 e. The predicted octanol–water partition coefficient (Wildman–Crippen LogP) is 4.36. The van der Waals surface area contributed by atoms with E-state index in [1.54, 1.807) is 24.3 Å². The molecule has 116 valence electrons. The van der Waals surface area contributed by atoms with E-state index in [4.69, 9.17) is 4.74 Å². The first-order chi connectivity index (χ1) is 10.4. The molecule has 0 atom stereocenters. The highest BCUT2D eigenvalue weighted by molar-refractivity contribution is 5.99. The van der Waals surface area contributed by atoms with Gasteiger partial charge in [0.25, 0.3) is 0 Å². The zero-order valence-electron chi connectivity index (χ0n) is 11.6. The summed E-state index contributed by atoms with van der Waals surface area (Å²) < 4.78 is 42.3. The summed E-state index contributed by atoms with van der Waals surface area (Å²) in [6.45, 7) is 0. The number of alkyl halides is 3. The van der Waals surface area contributed by atoms with Crippen LogP contribution >= 0.6 is 0 Å². The Labute approximate surface area is 124 Å². The number of halogens is 3.